The molecule has 0 saturated carbocycles. The topological polar surface area (TPSA) is 93.4 Å². The number of halogens is 1. The van der Waals surface area contributed by atoms with Gasteiger partial charge in [0.05, 0.1) is 0 Å². The van der Waals surface area contributed by atoms with E-state index in [2.05, 4.69) is 10.6 Å². The van der Waals surface area contributed by atoms with Crippen LogP contribution >= 0.6 is 11.6 Å². The molecule has 7 heteroatoms. The zero-order chi connectivity index (χ0) is 25.3. The molecule has 0 spiro atoms. The zero-order valence-electron chi connectivity index (χ0n) is 19.3. The van der Waals surface area contributed by atoms with Crippen LogP contribution in [0.3, 0.4) is 0 Å². The SMILES string of the molecule is Nc1cccc(CNC(=O)C(=Cc2ccc(Oc3ccc(Cl)cc3)cc2)NC(=O)c2ccccc2)c1. The molecule has 0 atom stereocenters. The summed E-state index contributed by atoms with van der Waals surface area (Å²) >= 11 is 5.92. The Morgan fingerprint density at radius 1 is 0.833 bits per heavy atom. The molecule has 0 saturated heterocycles. The molecule has 2 amide bonds. The van der Waals surface area contributed by atoms with Gasteiger partial charge in [-0.2, -0.15) is 0 Å². The van der Waals surface area contributed by atoms with Gasteiger partial charge in [0, 0.05) is 22.8 Å². The molecule has 36 heavy (non-hydrogen) atoms. The minimum Gasteiger partial charge on any atom is -0.457 e. The second-order valence-corrected chi connectivity index (χ2v) is 8.37. The second kappa shape index (κ2) is 11.7. The number of ether oxygens (including phenoxy) is 1. The number of nitrogens with two attached hydrogens (primary N) is 1. The number of hydrogen-bond donors (Lipinski definition) is 3. The van der Waals surface area contributed by atoms with Crippen LogP contribution in [0.1, 0.15) is 21.5 Å². The smallest absolute Gasteiger partial charge is 0.268 e. The van der Waals surface area contributed by atoms with E-state index in [9.17, 15) is 9.59 Å². The summed E-state index contributed by atoms with van der Waals surface area (Å²) in [6.07, 6.45) is 1.61. The molecule has 4 N–H and O–H groups in total. The highest BCUT2D eigenvalue weighted by atomic mass is 35.5. The van der Waals surface area contributed by atoms with Gasteiger partial charge in [-0.25, -0.2) is 0 Å². The fourth-order valence-corrected chi connectivity index (χ4v) is 3.49. The Morgan fingerprint density at radius 3 is 2.17 bits per heavy atom. The highest BCUT2D eigenvalue weighted by Gasteiger charge is 2.15. The molecule has 4 aromatic rings. The molecule has 0 aliphatic heterocycles. The molecule has 0 bridgehead atoms. The first-order valence-corrected chi connectivity index (χ1v) is 11.6. The molecule has 0 aliphatic carbocycles. The molecule has 0 radical (unpaired) electrons. The van der Waals surface area contributed by atoms with Crippen LogP contribution in [0.5, 0.6) is 11.5 Å². The van der Waals surface area contributed by atoms with Gasteiger partial charge in [0.2, 0.25) is 0 Å². The van der Waals surface area contributed by atoms with Crippen LogP contribution < -0.4 is 21.1 Å². The van der Waals surface area contributed by atoms with Crippen molar-refractivity contribution in [3.63, 3.8) is 0 Å². The second-order valence-electron chi connectivity index (χ2n) is 7.93. The van der Waals surface area contributed by atoms with Gasteiger partial charge >= 0.3 is 0 Å². The summed E-state index contributed by atoms with van der Waals surface area (Å²) < 4.78 is 5.82. The molecule has 0 unspecified atom stereocenters. The van der Waals surface area contributed by atoms with E-state index in [-0.39, 0.29) is 18.1 Å². The number of amides is 2. The van der Waals surface area contributed by atoms with Crippen molar-refractivity contribution >= 4 is 35.2 Å². The maximum Gasteiger partial charge on any atom is 0.268 e. The van der Waals surface area contributed by atoms with Crippen LogP contribution in [-0.4, -0.2) is 11.8 Å². The van der Waals surface area contributed by atoms with E-state index in [1.807, 2.05) is 18.2 Å². The molecule has 6 nitrogen and oxygen atoms in total. The van der Waals surface area contributed by atoms with Crippen molar-refractivity contribution in [3.05, 3.63) is 131 Å². The number of rotatable bonds is 8. The van der Waals surface area contributed by atoms with Crippen molar-refractivity contribution in [2.45, 2.75) is 6.54 Å². The van der Waals surface area contributed by atoms with E-state index in [1.165, 1.54) is 0 Å². The monoisotopic (exact) mass is 497 g/mol. The highest BCUT2D eigenvalue weighted by molar-refractivity contribution is 6.30. The maximum atomic E-state index is 13.0. The average molecular weight is 498 g/mol. The summed E-state index contributed by atoms with van der Waals surface area (Å²) in [5.41, 5.74) is 8.55. The molecule has 0 aromatic heterocycles. The quantitative estimate of drug-likeness (QED) is 0.212. The average Bonchev–Trinajstić information content (AvgIpc) is 2.90. The van der Waals surface area contributed by atoms with Gasteiger partial charge in [-0.3, -0.25) is 9.59 Å². The van der Waals surface area contributed by atoms with Crippen molar-refractivity contribution in [2.75, 3.05) is 5.73 Å². The molecule has 4 rings (SSSR count). The summed E-state index contributed by atoms with van der Waals surface area (Å²) in [6, 6.07) is 30.1. The summed E-state index contributed by atoms with van der Waals surface area (Å²) in [4.78, 5) is 25.8. The van der Waals surface area contributed by atoms with Crippen LogP contribution in [0.25, 0.3) is 6.08 Å². The van der Waals surface area contributed by atoms with Crippen molar-refractivity contribution in [2.24, 2.45) is 0 Å². The predicted molar refractivity (Wildman–Crippen MR) is 143 cm³/mol. The third kappa shape index (κ3) is 6.98. The number of nitrogen functional groups attached to an aromatic ring is 1. The van der Waals surface area contributed by atoms with Crippen molar-refractivity contribution < 1.29 is 14.3 Å². The standard InChI is InChI=1S/C29H24ClN3O3/c30-23-11-15-26(16-12-23)36-25-13-9-20(10-14-25)18-27(33-28(34)22-6-2-1-3-7-22)29(35)32-19-21-5-4-8-24(31)17-21/h1-18H,19,31H2,(H,32,35)(H,33,34). The van der Waals surface area contributed by atoms with Crippen LogP contribution in [0.4, 0.5) is 5.69 Å². The molecule has 4 aromatic carbocycles. The Bertz CT molecular complexity index is 1370. The van der Waals surface area contributed by atoms with Gasteiger partial charge in [-0.1, -0.05) is 54.1 Å². The van der Waals surface area contributed by atoms with E-state index < -0.39 is 5.91 Å². The molecule has 0 fully saturated rings. The van der Waals surface area contributed by atoms with E-state index in [0.29, 0.717) is 33.3 Å². The lowest BCUT2D eigenvalue weighted by Crippen LogP contribution is -2.34. The lowest BCUT2D eigenvalue weighted by Gasteiger charge is -2.12. The first-order valence-electron chi connectivity index (χ1n) is 11.2. The van der Waals surface area contributed by atoms with Crippen LogP contribution in [-0.2, 0) is 11.3 Å². The number of benzene rings is 4. The molecular weight excluding hydrogens is 474 g/mol. The molecule has 180 valence electrons. The zero-order valence-corrected chi connectivity index (χ0v) is 20.0. The summed E-state index contributed by atoms with van der Waals surface area (Å²) in [6.45, 7) is 0.260. The van der Waals surface area contributed by atoms with E-state index >= 15 is 0 Å². The minimum absolute atomic E-state index is 0.110. The maximum absolute atomic E-state index is 13.0. The number of nitrogens with one attached hydrogen (secondary N) is 2. The van der Waals surface area contributed by atoms with Gasteiger partial charge in [0.25, 0.3) is 11.8 Å². The summed E-state index contributed by atoms with van der Waals surface area (Å²) in [5.74, 6) is 0.460. The normalized spacial score (nSPS) is 11.0. The van der Waals surface area contributed by atoms with Crippen LogP contribution in [0, 0.1) is 0 Å². The van der Waals surface area contributed by atoms with Gasteiger partial charge in [0.1, 0.15) is 17.2 Å². The van der Waals surface area contributed by atoms with Gasteiger partial charge in [-0.15, -0.1) is 0 Å². The largest absolute Gasteiger partial charge is 0.457 e. The summed E-state index contributed by atoms with van der Waals surface area (Å²) in [7, 11) is 0. The Kier molecular flexibility index (Phi) is 8.01. The number of carbonyl (C=O) groups excluding carboxylic acids is 2. The lowest BCUT2D eigenvalue weighted by molar-refractivity contribution is -0.117. The number of anilines is 1. The predicted octanol–water partition coefficient (Wildman–Crippen LogP) is 5.80. The van der Waals surface area contributed by atoms with Gasteiger partial charge in [-0.05, 0) is 77.9 Å². The first-order chi connectivity index (χ1) is 17.5. The lowest BCUT2D eigenvalue weighted by atomic mass is 10.1. The van der Waals surface area contributed by atoms with Gasteiger partial charge in [0.15, 0.2) is 0 Å². The van der Waals surface area contributed by atoms with Crippen molar-refractivity contribution in [1.82, 2.24) is 10.6 Å². The highest BCUT2D eigenvalue weighted by Crippen LogP contribution is 2.24. The Labute approximate surface area is 214 Å². The van der Waals surface area contributed by atoms with Gasteiger partial charge < -0.3 is 21.1 Å². The van der Waals surface area contributed by atoms with Crippen molar-refractivity contribution in [3.8, 4) is 11.5 Å². The molecule has 0 heterocycles. The Balaban J connectivity index is 1.52. The third-order valence-corrected chi connectivity index (χ3v) is 5.43. The number of hydrogen-bond acceptors (Lipinski definition) is 4. The molecular formula is C29H24ClN3O3. The number of carbonyl (C=O) groups is 2. The van der Waals surface area contributed by atoms with Crippen molar-refractivity contribution in [1.29, 1.82) is 0 Å². The van der Waals surface area contributed by atoms with E-state index in [0.717, 1.165) is 5.56 Å². The Morgan fingerprint density at radius 2 is 1.50 bits per heavy atom. The first kappa shape index (κ1) is 24.6. The van der Waals surface area contributed by atoms with E-state index in [4.69, 9.17) is 22.1 Å². The summed E-state index contributed by atoms with van der Waals surface area (Å²) in [5, 5.41) is 6.20. The third-order valence-electron chi connectivity index (χ3n) is 5.17. The van der Waals surface area contributed by atoms with Crippen LogP contribution in [0.2, 0.25) is 5.02 Å². The van der Waals surface area contributed by atoms with Crippen LogP contribution in [0.15, 0.2) is 109 Å². The Hall–Kier alpha value is -4.55. The van der Waals surface area contributed by atoms with E-state index in [1.54, 1.807) is 91.0 Å². The fraction of sp³-hybridized carbons (Fsp3) is 0.0345. The molecule has 0 aliphatic rings. The minimum atomic E-state index is -0.428. The fourth-order valence-electron chi connectivity index (χ4n) is 3.36.